The van der Waals surface area contributed by atoms with Gasteiger partial charge in [-0.25, -0.2) is 0 Å². The first-order valence-corrected chi connectivity index (χ1v) is 8.03. The summed E-state index contributed by atoms with van der Waals surface area (Å²) in [6.45, 7) is 9.86. The maximum absolute atomic E-state index is 9.80. The van der Waals surface area contributed by atoms with Crippen LogP contribution in [0, 0.1) is 11.3 Å². The van der Waals surface area contributed by atoms with Crippen LogP contribution in [0.15, 0.2) is 30.3 Å². The summed E-state index contributed by atoms with van der Waals surface area (Å²) in [6.07, 6.45) is 2.44. The summed E-state index contributed by atoms with van der Waals surface area (Å²) in [7, 11) is 0. The molecular weight excluding hydrogens is 260 g/mol. The molecule has 1 aromatic rings. The number of rotatable bonds is 4. The lowest BCUT2D eigenvalue weighted by Crippen LogP contribution is -2.52. The van der Waals surface area contributed by atoms with Crippen LogP contribution < -0.4 is 5.73 Å². The molecule has 1 aliphatic rings. The number of benzene rings is 1. The number of aliphatic hydroxyl groups is 1. The zero-order valence-electron chi connectivity index (χ0n) is 13.7. The molecule has 1 fully saturated rings. The third kappa shape index (κ3) is 4.06. The van der Waals surface area contributed by atoms with Crippen LogP contribution in [-0.2, 0) is 5.54 Å². The van der Waals surface area contributed by atoms with Gasteiger partial charge in [0.1, 0.15) is 0 Å². The van der Waals surface area contributed by atoms with Crippen LogP contribution in [0.2, 0.25) is 0 Å². The first-order valence-electron chi connectivity index (χ1n) is 8.03. The monoisotopic (exact) mass is 290 g/mol. The predicted molar refractivity (Wildman–Crippen MR) is 88.0 cm³/mol. The first kappa shape index (κ1) is 16.5. The van der Waals surface area contributed by atoms with Crippen molar-refractivity contribution in [2.24, 2.45) is 17.1 Å². The molecule has 118 valence electrons. The highest BCUT2D eigenvalue weighted by Crippen LogP contribution is 2.34. The van der Waals surface area contributed by atoms with Crippen LogP contribution in [0.1, 0.15) is 39.2 Å². The minimum atomic E-state index is -0.657. The lowest BCUT2D eigenvalue weighted by Gasteiger charge is -2.42. The first-order chi connectivity index (χ1) is 9.85. The Morgan fingerprint density at radius 3 is 2.19 bits per heavy atom. The fourth-order valence-corrected chi connectivity index (χ4v) is 3.36. The Morgan fingerprint density at radius 1 is 1.14 bits per heavy atom. The second kappa shape index (κ2) is 6.47. The van der Waals surface area contributed by atoms with Crippen LogP contribution in [0.25, 0.3) is 0 Å². The van der Waals surface area contributed by atoms with Crippen LogP contribution in [-0.4, -0.2) is 36.2 Å². The molecular formula is C18H30N2O. The van der Waals surface area contributed by atoms with Gasteiger partial charge in [-0.05, 0) is 42.8 Å². The quantitative estimate of drug-likeness (QED) is 0.896. The number of piperidine rings is 1. The summed E-state index contributed by atoms with van der Waals surface area (Å²) in [5.74, 6) is 0.784. The van der Waals surface area contributed by atoms with Gasteiger partial charge in [0.25, 0.3) is 0 Å². The van der Waals surface area contributed by atoms with Crippen molar-refractivity contribution in [3.63, 3.8) is 0 Å². The van der Waals surface area contributed by atoms with Crippen molar-refractivity contribution in [3.8, 4) is 0 Å². The standard InChI is InChI=1S/C18H30N2O/c1-17(2,3)15-9-11-20(12-10-15)13-18(19,14-21)16-7-5-4-6-8-16/h4-8,15,21H,9-14,19H2,1-3H3. The van der Waals surface area contributed by atoms with E-state index in [1.807, 2.05) is 30.3 Å². The molecule has 0 aliphatic carbocycles. The van der Waals surface area contributed by atoms with Crippen molar-refractivity contribution in [3.05, 3.63) is 35.9 Å². The molecule has 0 aromatic heterocycles. The van der Waals surface area contributed by atoms with Gasteiger partial charge in [0.15, 0.2) is 0 Å². The Labute approximate surface area is 129 Å². The average molecular weight is 290 g/mol. The van der Waals surface area contributed by atoms with Gasteiger partial charge in [-0.3, -0.25) is 0 Å². The fraction of sp³-hybridized carbons (Fsp3) is 0.667. The fourth-order valence-electron chi connectivity index (χ4n) is 3.36. The van der Waals surface area contributed by atoms with Crippen molar-refractivity contribution in [2.45, 2.75) is 39.2 Å². The second-order valence-corrected chi connectivity index (χ2v) is 7.60. The maximum Gasteiger partial charge on any atom is 0.0772 e. The second-order valence-electron chi connectivity index (χ2n) is 7.60. The number of nitrogens with zero attached hydrogens (tertiary/aromatic N) is 1. The van der Waals surface area contributed by atoms with E-state index in [1.54, 1.807) is 0 Å². The van der Waals surface area contributed by atoms with E-state index in [-0.39, 0.29) is 6.61 Å². The number of hydrogen-bond donors (Lipinski definition) is 2. The van der Waals surface area contributed by atoms with E-state index in [0.29, 0.717) is 5.41 Å². The lowest BCUT2D eigenvalue weighted by atomic mass is 9.75. The normalized spacial score (nSPS) is 21.2. The van der Waals surface area contributed by atoms with Crippen molar-refractivity contribution in [1.82, 2.24) is 4.90 Å². The van der Waals surface area contributed by atoms with Gasteiger partial charge < -0.3 is 15.7 Å². The smallest absolute Gasteiger partial charge is 0.0772 e. The summed E-state index contributed by atoms with van der Waals surface area (Å²) in [5.41, 5.74) is 7.23. The zero-order valence-corrected chi connectivity index (χ0v) is 13.7. The van der Waals surface area contributed by atoms with Crippen molar-refractivity contribution in [1.29, 1.82) is 0 Å². The largest absolute Gasteiger partial charge is 0.394 e. The van der Waals surface area contributed by atoms with E-state index in [2.05, 4.69) is 25.7 Å². The molecule has 1 unspecified atom stereocenters. The van der Waals surface area contributed by atoms with Crippen LogP contribution in [0.4, 0.5) is 0 Å². The van der Waals surface area contributed by atoms with Gasteiger partial charge in [-0.1, -0.05) is 51.1 Å². The minimum Gasteiger partial charge on any atom is -0.394 e. The number of aliphatic hydroxyl groups excluding tert-OH is 1. The van der Waals surface area contributed by atoms with Gasteiger partial charge in [-0.15, -0.1) is 0 Å². The Morgan fingerprint density at radius 2 is 1.71 bits per heavy atom. The molecule has 1 aromatic carbocycles. The molecule has 3 heteroatoms. The van der Waals surface area contributed by atoms with Crippen molar-refractivity contribution < 1.29 is 5.11 Å². The molecule has 0 spiro atoms. The van der Waals surface area contributed by atoms with E-state index in [4.69, 9.17) is 5.73 Å². The highest BCUT2D eigenvalue weighted by atomic mass is 16.3. The number of nitrogens with two attached hydrogens (primary N) is 1. The SMILES string of the molecule is CC(C)(C)C1CCN(CC(N)(CO)c2ccccc2)CC1. The highest BCUT2D eigenvalue weighted by Gasteiger charge is 2.33. The van der Waals surface area contributed by atoms with Crippen molar-refractivity contribution >= 4 is 0 Å². The topological polar surface area (TPSA) is 49.5 Å². The highest BCUT2D eigenvalue weighted by molar-refractivity contribution is 5.24. The van der Waals surface area contributed by atoms with E-state index < -0.39 is 5.54 Å². The molecule has 1 aliphatic heterocycles. The summed E-state index contributed by atoms with van der Waals surface area (Å²) in [4.78, 5) is 2.41. The molecule has 0 amide bonds. The third-order valence-electron chi connectivity index (χ3n) is 4.95. The Kier molecular flexibility index (Phi) is 5.07. The summed E-state index contributed by atoms with van der Waals surface area (Å²) >= 11 is 0. The summed E-state index contributed by atoms with van der Waals surface area (Å²) < 4.78 is 0. The number of hydrogen-bond acceptors (Lipinski definition) is 3. The van der Waals surface area contributed by atoms with Crippen molar-refractivity contribution in [2.75, 3.05) is 26.2 Å². The molecule has 3 nitrogen and oxygen atoms in total. The molecule has 1 saturated heterocycles. The van der Waals surface area contributed by atoms with Crippen LogP contribution in [0.5, 0.6) is 0 Å². The van der Waals surface area contributed by atoms with Crippen LogP contribution in [0.3, 0.4) is 0 Å². The Bertz CT molecular complexity index is 432. The molecule has 0 saturated carbocycles. The summed E-state index contributed by atoms with van der Waals surface area (Å²) in [5, 5.41) is 9.80. The Hall–Kier alpha value is -0.900. The van der Waals surface area contributed by atoms with Gasteiger partial charge in [0, 0.05) is 6.54 Å². The van der Waals surface area contributed by atoms with E-state index in [9.17, 15) is 5.11 Å². The van der Waals surface area contributed by atoms with Gasteiger partial charge in [0.05, 0.1) is 12.1 Å². The predicted octanol–water partition coefficient (Wildman–Crippen LogP) is 2.59. The number of likely N-dealkylation sites (tertiary alicyclic amines) is 1. The van der Waals surface area contributed by atoms with E-state index >= 15 is 0 Å². The van der Waals surface area contributed by atoms with E-state index in [1.165, 1.54) is 12.8 Å². The molecule has 1 atom stereocenters. The minimum absolute atomic E-state index is 0.0176. The lowest BCUT2D eigenvalue weighted by molar-refractivity contribution is 0.0772. The summed E-state index contributed by atoms with van der Waals surface area (Å²) in [6, 6.07) is 9.98. The van der Waals surface area contributed by atoms with Gasteiger partial charge in [0.2, 0.25) is 0 Å². The Balaban J connectivity index is 1.98. The average Bonchev–Trinajstić information content (AvgIpc) is 2.47. The molecule has 0 radical (unpaired) electrons. The molecule has 2 rings (SSSR count). The molecule has 0 bridgehead atoms. The van der Waals surface area contributed by atoms with E-state index in [0.717, 1.165) is 31.1 Å². The third-order valence-corrected chi connectivity index (χ3v) is 4.95. The molecule has 1 heterocycles. The molecule has 3 N–H and O–H groups in total. The molecule has 21 heavy (non-hydrogen) atoms. The van der Waals surface area contributed by atoms with Crippen LogP contribution >= 0.6 is 0 Å². The zero-order chi connectivity index (χ0) is 15.5. The maximum atomic E-state index is 9.80. The van der Waals surface area contributed by atoms with Gasteiger partial charge >= 0.3 is 0 Å². The van der Waals surface area contributed by atoms with Gasteiger partial charge in [-0.2, -0.15) is 0 Å².